The number of rotatable bonds is 4. The molecule has 7 rings (SSSR count). The molecule has 0 atom stereocenters. The lowest BCUT2D eigenvalue weighted by molar-refractivity contribution is 0.00578. The van der Waals surface area contributed by atoms with Crippen molar-refractivity contribution in [1.29, 1.82) is 0 Å². The maximum absolute atomic E-state index is 6.53. The summed E-state index contributed by atoms with van der Waals surface area (Å²) in [5, 5.41) is 4.71. The Kier molecular flexibility index (Phi) is 7.46. The summed E-state index contributed by atoms with van der Waals surface area (Å²) >= 11 is 0. The number of hydrogen-bond donors (Lipinski definition) is 0. The van der Waals surface area contributed by atoms with Crippen molar-refractivity contribution in [3.63, 3.8) is 0 Å². The van der Waals surface area contributed by atoms with Crippen LogP contribution in [0.1, 0.15) is 27.7 Å². The third-order valence-corrected chi connectivity index (χ3v) is 9.74. The SMILES string of the molecule is [B]c1c([B])c([B])c(-c2cc(B3OC(C)(C)C(C)(C)O3)cc(-c3ccc4cc(-c5cccc6ccccc56)ccc4c3)c2)c([B])c1[B]. The van der Waals surface area contributed by atoms with Crippen LogP contribution in [-0.4, -0.2) is 57.6 Å². The molecule has 0 N–H and O–H groups in total. The average molecular weight is 582 g/mol. The highest BCUT2D eigenvalue weighted by molar-refractivity contribution is 6.69. The largest absolute Gasteiger partial charge is 0.494 e. The molecular weight excluding hydrogens is 553 g/mol. The summed E-state index contributed by atoms with van der Waals surface area (Å²) in [6.07, 6.45) is 0. The molecule has 2 nitrogen and oxygen atoms in total. The van der Waals surface area contributed by atoms with E-state index in [2.05, 4.69) is 84.9 Å². The Morgan fingerprint density at radius 2 is 1.02 bits per heavy atom. The van der Waals surface area contributed by atoms with Gasteiger partial charge in [0.1, 0.15) is 39.2 Å². The van der Waals surface area contributed by atoms with Crippen LogP contribution in [0.25, 0.3) is 54.9 Å². The van der Waals surface area contributed by atoms with Crippen LogP contribution in [0, 0.1) is 0 Å². The fourth-order valence-electron chi connectivity index (χ4n) is 6.31. The van der Waals surface area contributed by atoms with Crippen molar-refractivity contribution in [2.75, 3.05) is 0 Å². The maximum Gasteiger partial charge on any atom is 0.494 e. The Balaban J connectivity index is 1.37. The summed E-state index contributed by atoms with van der Waals surface area (Å²) < 4.78 is 12.9. The molecule has 1 saturated heterocycles. The van der Waals surface area contributed by atoms with Crippen LogP contribution in [0.5, 0.6) is 0 Å². The molecule has 1 aliphatic rings. The van der Waals surface area contributed by atoms with Gasteiger partial charge in [-0.3, -0.25) is 0 Å². The number of benzene rings is 6. The molecule has 1 heterocycles. The van der Waals surface area contributed by atoms with Gasteiger partial charge in [-0.2, -0.15) is 0 Å². The van der Waals surface area contributed by atoms with Crippen LogP contribution >= 0.6 is 0 Å². The molecule has 0 bridgehead atoms. The highest BCUT2D eigenvalue weighted by atomic mass is 16.7. The molecule has 0 unspecified atom stereocenters. The normalized spacial score (nSPS) is 15.5. The highest BCUT2D eigenvalue weighted by Gasteiger charge is 2.51. The van der Waals surface area contributed by atoms with Crippen molar-refractivity contribution in [2.45, 2.75) is 38.9 Å². The van der Waals surface area contributed by atoms with E-state index in [-0.39, 0.29) is 27.3 Å². The molecule has 1 aliphatic heterocycles. The van der Waals surface area contributed by atoms with E-state index in [0.717, 1.165) is 32.9 Å². The Bertz CT molecular complexity index is 2140. The van der Waals surface area contributed by atoms with E-state index < -0.39 is 18.3 Å². The van der Waals surface area contributed by atoms with Crippen molar-refractivity contribution >= 4 is 101 Å². The van der Waals surface area contributed by atoms with Gasteiger partial charge in [-0.15, -0.1) is 16.4 Å². The molecule has 0 spiro atoms. The van der Waals surface area contributed by atoms with Gasteiger partial charge >= 0.3 is 7.12 Å². The lowest BCUT2D eigenvalue weighted by Gasteiger charge is -2.32. The predicted molar refractivity (Wildman–Crippen MR) is 200 cm³/mol. The van der Waals surface area contributed by atoms with Crippen LogP contribution in [0.4, 0.5) is 0 Å². The molecule has 0 amide bonds. The third kappa shape index (κ3) is 5.07. The van der Waals surface area contributed by atoms with E-state index in [0.29, 0.717) is 5.56 Å². The minimum atomic E-state index is -0.613. The van der Waals surface area contributed by atoms with E-state index in [1.54, 1.807) is 0 Å². The van der Waals surface area contributed by atoms with Gasteiger partial charge in [0, 0.05) is 0 Å². The quantitative estimate of drug-likeness (QED) is 0.298. The molecule has 46 heavy (non-hydrogen) atoms. The molecule has 8 heteroatoms. The fourth-order valence-corrected chi connectivity index (χ4v) is 6.31. The van der Waals surface area contributed by atoms with Gasteiger partial charge in [0.05, 0.1) is 11.2 Å². The van der Waals surface area contributed by atoms with E-state index in [1.807, 2.05) is 39.8 Å². The van der Waals surface area contributed by atoms with Crippen LogP contribution in [0.2, 0.25) is 0 Å². The van der Waals surface area contributed by atoms with Gasteiger partial charge in [-0.25, -0.2) is 0 Å². The first-order valence-corrected chi connectivity index (χ1v) is 15.4. The molecule has 1 fully saturated rings. The first-order chi connectivity index (χ1) is 21.8. The van der Waals surface area contributed by atoms with Crippen molar-refractivity contribution in [1.82, 2.24) is 0 Å². The summed E-state index contributed by atoms with van der Waals surface area (Å²) in [4.78, 5) is 0. The van der Waals surface area contributed by atoms with Gasteiger partial charge in [-0.1, -0.05) is 89.8 Å². The molecule has 0 aliphatic carbocycles. The van der Waals surface area contributed by atoms with Gasteiger partial charge in [0.25, 0.3) is 0 Å². The van der Waals surface area contributed by atoms with Crippen LogP contribution in [0.3, 0.4) is 0 Å². The van der Waals surface area contributed by atoms with Gasteiger partial charge in [-0.05, 0) is 106 Å². The summed E-state index contributed by atoms with van der Waals surface area (Å²) in [7, 11) is 31.1. The zero-order chi connectivity index (χ0) is 32.5. The number of fused-ring (bicyclic) bond motifs is 2. The minimum Gasteiger partial charge on any atom is -0.399 e. The second-order valence-corrected chi connectivity index (χ2v) is 13.2. The lowest BCUT2D eigenvalue weighted by Crippen LogP contribution is -2.55. The Hall–Kier alpha value is -3.85. The van der Waals surface area contributed by atoms with Gasteiger partial charge in [0.15, 0.2) is 0 Å². The monoisotopic (exact) mass is 582 g/mol. The van der Waals surface area contributed by atoms with Crippen LogP contribution in [-0.2, 0) is 9.31 Å². The molecule has 10 radical (unpaired) electrons. The summed E-state index contributed by atoms with van der Waals surface area (Å²) in [5.41, 5.74) is 6.53. The molecule has 0 aromatic heterocycles. The molecule has 0 saturated carbocycles. The standard InChI is InChI=1S/C38H28B6O2/c1-37(2)38(3,4)46-44(45-37)28-19-26(18-27(20-28)31-32(39)34(41)36(43)35(42)33(31)40)24-13-12-23-17-25(15-14-22(23)16-24)30-11-7-9-21-8-5-6-10-29(21)30/h5-20H,1-4H3. The van der Waals surface area contributed by atoms with Crippen molar-refractivity contribution in [2.24, 2.45) is 0 Å². The fraction of sp³-hybridized carbons (Fsp3) is 0.158. The van der Waals surface area contributed by atoms with Gasteiger partial charge < -0.3 is 9.31 Å². The van der Waals surface area contributed by atoms with E-state index in [9.17, 15) is 0 Å². The zero-order valence-electron chi connectivity index (χ0n) is 26.5. The van der Waals surface area contributed by atoms with Crippen LogP contribution in [0.15, 0.2) is 97.1 Å². The molecular formula is C38H28B6O2. The second-order valence-electron chi connectivity index (χ2n) is 13.2. The topological polar surface area (TPSA) is 18.5 Å². The van der Waals surface area contributed by atoms with E-state index in [1.165, 1.54) is 21.9 Å². The van der Waals surface area contributed by atoms with E-state index >= 15 is 0 Å². The van der Waals surface area contributed by atoms with Crippen molar-refractivity contribution in [3.05, 3.63) is 97.1 Å². The Morgan fingerprint density at radius 1 is 0.478 bits per heavy atom. The molecule has 210 valence electrons. The Labute approximate surface area is 278 Å². The van der Waals surface area contributed by atoms with Gasteiger partial charge in [0.2, 0.25) is 0 Å². The third-order valence-electron chi connectivity index (χ3n) is 9.74. The second kappa shape index (κ2) is 11.1. The van der Waals surface area contributed by atoms with Crippen LogP contribution < -0.4 is 32.8 Å². The minimum absolute atomic E-state index is 0.179. The smallest absolute Gasteiger partial charge is 0.399 e. The zero-order valence-corrected chi connectivity index (χ0v) is 26.5. The first-order valence-electron chi connectivity index (χ1n) is 15.4. The summed E-state index contributed by atoms with van der Waals surface area (Å²) in [5.74, 6) is 0. The first kappa shape index (κ1) is 30.8. The summed E-state index contributed by atoms with van der Waals surface area (Å²) in [6, 6.07) is 34.1. The Morgan fingerprint density at radius 3 is 1.70 bits per heavy atom. The number of hydrogen-bond acceptors (Lipinski definition) is 2. The van der Waals surface area contributed by atoms with Crippen molar-refractivity contribution in [3.8, 4) is 33.4 Å². The maximum atomic E-state index is 6.53. The molecule has 6 aromatic rings. The lowest BCUT2D eigenvalue weighted by atomic mass is 9.59. The van der Waals surface area contributed by atoms with Crippen molar-refractivity contribution < 1.29 is 9.31 Å². The molecule has 6 aromatic carbocycles. The average Bonchev–Trinajstić information content (AvgIpc) is 3.28. The van der Waals surface area contributed by atoms with E-state index in [4.69, 9.17) is 48.5 Å². The summed E-state index contributed by atoms with van der Waals surface area (Å²) in [6.45, 7) is 8.13. The highest BCUT2D eigenvalue weighted by Crippen LogP contribution is 2.38. The predicted octanol–water partition coefficient (Wildman–Crippen LogP) is 3.26.